The SMILES string of the molecule is CC(C)c1cccc(C(C)C)c1NC(=O)CN1C(=O)NC(C)(c2ccc3c(c2)CCC3)C1=O. The molecule has 1 aliphatic carbocycles. The van der Waals surface area contributed by atoms with E-state index in [2.05, 4.69) is 38.3 Å². The summed E-state index contributed by atoms with van der Waals surface area (Å²) in [5, 5.41) is 5.82. The van der Waals surface area contributed by atoms with Gasteiger partial charge in [0.1, 0.15) is 12.1 Å². The molecule has 0 spiro atoms. The Kier molecular flexibility index (Phi) is 6.04. The molecule has 2 aromatic carbocycles. The average molecular weight is 448 g/mol. The third kappa shape index (κ3) is 4.14. The average Bonchev–Trinajstić information content (AvgIpc) is 3.32. The fourth-order valence-electron chi connectivity index (χ4n) is 4.94. The van der Waals surface area contributed by atoms with Crippen LogP contribution in [-0.2, 0) is 28.0 Å². The van der Waals surface area contributed by atoms with E-state index in [1.807, 2.05) is 36.4 Å². The van der Waals surface area contributed by atoms with Gasteiger partial charge in [-0.2, -0.15) is 0 Å². The Labute approximate surface area is 195 Å². The Morgan fingerprint density at radius 3 is 2.30 bits per heavy atom. The number of carbonyl (C=O) groups is 3. The van der Waals surface area contributed by atoms with Gasteiger partial charge in [0, 0.05) is 5.69 Å². The number of aryl methyl sites for hydroxylation is 2. The van der Waals surface area contributed by atoms with E-state index in [-0.39, 0.29) is 24.3 Å². The van der Waals surface area contributed by atoms with Gasteiger partial charge in [-0.15, -0.1) is 0 Å². The zero-order chi connectivity index (χ0) is 23.9. The van der Waals surface area contributed by atoms with Crippen molar-refractivity contribution in [2.75, 3.05) is 11.9 Å². The monoisotopic (exact) mass is 447 g/mol. The van der Waals surface area contributed by atoms with Crippen molar-refractivity contribution < 1.29 is 14.4 Å². The number of anilines is 1. The van der Waals surface area contributed by atoms with Crippen LogP contribution in [0, 0.1) is 0 Å². The smallest absolute Gasteiger partial charge is 0.324 e. The minimum absolute atomic E-state index is 0.221. The van der Waals surface area contributed by atoms with Crippen molar-refractivity contribution in [3.63, 3.8) is 0 Å². The van der Waals surface area contributed by atoms with Crippen LogP contribution in [0.15, 0.2) is 36.4 Å². The molecule has 0 radical (unpaired) electrons. The van der Waals surface area contributed by atoms with Crippen molar-refractivity contribution in [3.8, 4) is 0 Å². The summed E-state index contributed by atoms with van der Waals surface area (Å²) in [5.41, 5.74) is 4.98. The second kappa shape index (κ2) is 8.65. The Morgan fingerprint density at radius 1 is 1.03 bits per heavy atom. The van der Waals surface area contributed by atoms with Crippen LogP contribution in [0.4, 0.5) is 10.5 Å². The predicted molar refractivity (Wildman–Crippen MR) is 129 cm³/mol. The first-order valence-corrected chi connectivity index (χ1v) is 11.8. The van der Waals surface area contributed by atoms with Crippen LogP contribution in [0.5, 0.6) is 0 Å². The van der Waals surface area contributed by atoms with Crippen molar-refractivity contribution in [2.24, 2.45) is 0 Å². The molecule has 2 aromatic rings. The minimum atomic E-state index is -1.17. The Bertz CT molecular complexity index is 1100. The second-order valence-corrected chi connectivity index (χ2v) is 9.95. The maximum Gasteiger partial charge on any atom is 0.325 e. The number of imide groups is 1. The van der Waals surface area contributed by atoms with E-state index in [0.29, 0.717) is 0 Å². The number of nitrogens with zero attached hydrogens (tertiary/aromatic N) is 1. The van der Waals surface area contributed by atoms with Crippen LogP contribution in [0.1, 0.15) is 80.7 Å². The first kappa shape index (κ1) is 23.0. The third-order valence-corrected chi connectivity index (χ3v) is 6.89. The number of rotatable bonds is 6. The highest BCUT2D eigenvalue weighted by atomic mass is 16.2. The summed E-state index contributed by atoms with van der Waals surface area (Å²) in [6, 6.07) is 11.5. The van der Waals surface area contributed by atoms with Gasteiger partial charge in [0.05, 0.1) is 0 Å². The zero-order valence-electron chi connectivity index (χ0n) is 20.1. The molecule has 33 heavy (non-hydrogen) atoms. The molecule has 1 saturated heterocycles. The molecule has 2 N–H and O–H groups in total. The molecule has 174 valence electrons. The molecule has 1 fully saturated rings. The van der Waals surface area contributed by atoms with Crippen LogP contribution in [-0.4, -0.2) is 29.3 Å². The molecule has 6 heteroatoms. The van der Waals surface area contributed by atoms with Crippen LogP contribution < -0.4 is 10.6 Å². The van der Waals surface area contributed by atoms with Crippen molar-refractivity contribution in [3.05, 3.63) is 64.2 Å². The fraction of sp³-hybridized carbons (Fsp3) is 0.444. The molecule has 1 aliphatic heterocycles. The maximum atomic E-state index is 13.3. The highest BCUT2D eigenvalue weighted by Gasteiger charge is 2.49. The molecule has 4 rings (SSSR count). The summed E-state index contributed by atoms with van der Waals surface area (Å²) in [7, 11) is 0. The molecule has 0 bridgehead atoms. The van der Waals surface area contributed by atoms with Crippen LogP contribution in [0.3, 0.4) is 0 Å². The van der Waals surface area contributed by atoms with Crippen molar-refractivity contribution in [2.45, 2.75) is 71.3 Å². The lowest BCUT2D eigenvalue weighted by molar-refractivity contribution is -0.133. The van der Waals surface area contributed by atoms with E-state index < -0.39 is 17.5 Å². The summed E-state index contributed by atoms with van der Waals surface area (Å²) in [6.45, 7) is 9.70. The number of para-hydroxylation sites is 1. The summed E-state index contributed by atoms with van der Waals surface area (Å²) in [4.78, 5) is 40.1. The highest BCUT2D eigenvalue weighted by Crippen LogP contribution is 2.34. The lowest BCUT2D eigenvalue weighted by atomic mass is 9.89. The van der Waals surface area contributed by atoms with E-state index in [1.165, 1.54) is 11.1 Å². The second-order valence-electron chi connectivity index (χ2n) is 9.95. The molecule has 1 atom stereocenters. The Balaban J connectivity index is 1.55. The molecule has 1 unspecified atom stereocenters. The van der Waals surface area contributed by atoms with Gasteiger partial charge in [-0.3, -0.25) is 14.5 Å². The van der Waals surface area contributed by atoms with Gasteiger partial charge in [-0.1, -0.05) is 64.1 Å². The number of carbonyl (C=O) groups excluding carboxylic acids is 3. The van der Waals surface area contributed by atoms with Gasteiger partial charge in [0.25, 0.3) is 5.91 Å². The molecule has 6 nitrogen and oxygen atoms in total. The van der Waals surface area contributed by atoms with E-state index in [9.17, 15) is 14.4 Å². The van der Waals surface area contributed by atoms with Crippen LogP contribution in [0.2, 0.25) is 0 Å². The Morgan fingerprint density at radius 2 is 1.67 bits per heavy atom. The fourth-order valence-corrected chi connectivity index (χ4v) is 4.94. The molecule has 0 aromatic heterocycles. The van der Waals surface area contributed by atoms with Gasteiger partial charge in [0.15, 0.2) is 0 Å². The molecule has 0 saturated carbocycles. The molecular formula is C27H33N3O3. The zero-order valence-corrected chi connectivity index (χ0v) is 20.1. The van der Waals surface area contributed by atoms with Crippen LogP contribution in [0.25, 0.3) is 0 Å². The first-order valence-electron chi connectivity index (χ1n) is 11.8. The summed E-state index contributed by atoms with van der Waals surface area (Å²) in [5.74, 6) is -0.342. The van der Waals surface area contributed by atoms with Crippen molar-refractivity contribution >= 4 is 23.5 Å². The number of hydrogen-bond acceptors (Lipinski definition) is 3. The number of nitrogens with one attached hydrogen (secondary N) is 2. The summed E-state index contributed by atoms with van der Waals surface area (Å²) in [6.07, 6.45) is 3.15. The van der Waals surface area contributed by atoms with E-state index in [0.717, 1.165) is 46.5 Å². The molecule has 4 amide bonds. The van der Waals surface area contributed by atoms with E-state index in [4.69, 9.17) is 0 Å². The quantitative estimate of drug-likeness (QED) is 0.623. The topological polar surface area (TPSA) is 78.5 Å². The summed E-state index contributed by atoms with van der Waals surface area (Å²) >= 11 is 0. The van der Waals surface area contributed by atoms with Gasteiger partial charge < -0.3 is 10.6 Å². The first-order chi connectivity index (χ1) is 15.6. The standard InChI is InChI=1S/C27H33N3O3/c1-16(2)21-10-7-11-22(17(3)4)24(21)28-23(31)15-30-25(32)27(5,29-26(30)33)20-13-12-18-8-6-9-19(18)14-20/h7,10-14,16-17H,6,8-9,15H2,1-5H3,(H,28,31)(H,29,33). The third-order valence-electron chi connectivity index (χ3n) is 6.89. The Hall–Kier alpha value is -3.15. The largest absolute Gasteiger partial charge is 0.325 e. The minimum Gasteiger partial charge on any atom is -0.324 e. The number of benzene rings is 2. The predicted octanol–water partition coefficient (Wildman–Crippen LogP) is 4.83. The summed E-state index contributed by atoms with van der Waals surface area (Å²) < 4.78 is 0. The molecule has 2 aliphatic rings. The van der Waals surface area contributed by atoms with Crippen molar-refractivity contribution in [1.82, 2.24) is 10.2 Å². The number of urea groups is 1. The highest BCUT2D eigenvalue weighted by molar-refractivity contribution is 6.10. The number of amides is 4. The van der Waals surface area contributed by atoms with Gasteiger partial charge >= 0.3 is 6.03 Å². The lowest BCUT2D eigenvalue weighted by Gasteiger charge is -2.23. The number of hydrogen-bond donors (Lipinski definition) is 2. The van der Waals surface area contributed by atoms with Crippen LogP contribution >= 0.6 is 0 Å². The van der Waals surface area contributed by atoms with Gasteiger partial charge in [-0.25, -0.2) is 4.79 Å². The van der Waals surface area contributed by atoms with Gasteiger partial charge in [0.2, 0.25) is 5.91 Å². The van der Waals surface area contributed by atoms with Gasteiger partial charge in [-0.05, 0) is 65.8 Å². The van der Waals surface area contributed by atoms with Crippen molar-refractivity contribution in [1.29, 1.82) is 0 Å². The number of fused-ring (bicyclic) bond motifs is 1. The van der Waals surface area contributed by atoms with E-state index >= 15 is 0 Å². The van der Waals surface area contributed by atoms with E-state index in [1.54, 1.807) is 6.92 Å². The lowest BCUT2D eigenvalue weighted by Crippen LogP contribution is -2.42. The normalized spacial score (nSPS) is 19.9. The molecular weight excluding hydrogens is 414 g/mol. The maximum absolute atomic E-state index is 13.3. The molecule has 1 heterocycles.